The zero-order valence-electron chi connectivity index (χ0n) is 16.5. The molecule has 156 valence electrons. The van der Waals surface area contributed by atoms with E-state index in [1.54, 1.807) is 12.1 Å². The van der Waals surface area contributed by atoms with Crippen molar-refractivity contribution in [1.29, 1.82) is 0 Å². The van der Waals surface area contributed by atoms with Crippen molar-refractivity contribution in [2.45, 2.75) is 23.3 Å². The maximum absolute atomic E-state index is 12.7. The molecule has 3 rings (SSSR count). The number of carbonyl (C=O) groups excluding carboxylic acids is 1. The highest BCUT2D eigenvalue weighted by molar-refractivity contribution is 7.99. The number of nitrogens with one attached hydrogen (secondary N) is 1. The summed E-state index contributed by atoms with van der Waals surface area (Å²) in [7, 11) is -0.513. The number of benzene rings is 1. The Balaban J connectivity index is 1.67. The van der Waals surface area contributed by atoms with Crippen LogP contribution in [0.3, 0.4) is 0 Å². The summed E-state index contributed by atoms with van der Waals surface area (Å²) in [4.78, 5) is 15.3. The lowest BCUT2D eigenvalue weighted by Crippen LogP contribution is -2.60. The summed E-state index contributed by atoms with van der Waals surface area (Å²) in [6.07, 6.45) is 2.11. The van der Waals surface area contributed by atoms with E-state index in [1.807, 2.05) is 11.8 Å². The van der Waals surface area contributed by atoms with Crippen LogP contribution in [0.15, 0.2) is 29.2 Å². The predicted octanol–water partition coefficient (Wildman–Crippen LogP) is 1.26. The first-order valence-electron chi connectivity index (χ1n) is 9.56. The third-order valence-corrected chi connectivity index (χ3v) is 8.39. The van der Waals surface area contributed by atoms with Gasteiger partial charge in [0.2, 0.25) is 10.0 Å². The van der Waals surface area contributed by atoms with E-state index in [0.29, 0.717) is 12.1 Å². The highest BCUT2D eigenvalue weighted by Gasteiger charge is 2.39. The van der Waals surface area contributed by atoms with Crippen LogP contribution in [-0.4, -0.2) is 87.5 Å². The highest BCUT2D eigenvalue weighted by Crippen LogP contribution is 2.32. The summed E-state index contributed by atoms with van der Waals surface area (Å²) >= 11 is 1.97. The third-order valence-electron chi connectivity index (χ3n) is 5.58. The van der Waals surface area contributed by atoms with Crippen molar-refractivity contribution in [3.63, 3.8) is 0 Å². The van der Waals surface area contributed by atoms with Gasteiger partial charge in [0, 0.05) is 44.8 Å². The van der Waals surface area contributed by atoms with Crippen molar-refractivity contribution < 1.29 is 17.9 Å². The fourth-order valence-electron chi connectivity index (χ4n) is 3.73. The molecule has 9 heteroatoms. The Hall–Kier alpha value is -1.13. The van der Waals surface area contributed by atoms with E-state index in [1.165, 1.54) is 26.2 Å². The minimum absolute atomic E-state index is 0.0150. The molecular formula is C19H29N3O4S2. The Morgan fingerprint density at radius 3 is 2.36 bits per heavy atom. The number of rotatable bonds is 6. The third kappa shape index (κ3) is 4.71. The minimum atomic E-state index is -3.49. The minimum Gasteiger partial charge on any atom is -0.379 e. The van der Waals surface area contributed by atoms with Crippen molar-refractivity contribution >= 4 is 27.7 Å². The summed E-state index contributed by atoms with van der Waals surface area (Å²) in [5, 5.41) is 3.10. The fourth-order valence-corrected chi connectivity index (χ4v) is 5.88. The molecule has 1 amide bonds. The lowest BCUT2D eigenvalue weighted by molar-refractivity contribution is -0.0255. The highest BCUT2D eigenvalue weighted by atomic mass is 32.2. The molecule has 0 saturated carbocycles. The van der Waals surface area contributed by atoms with Crippen LogP contribution in [0.1, 0.15) is 23.2 Å². The van der Waals surface area contributed by atoms with Crippen LogP contribution < -0.4 is 5.32 Å². The van der Waals surface area contributed by atoms with Gasteiger partial charge in [-0.1, -0.05) is 0 Å². The smallest absolute Gasteiger partial charge is 0.251 e. The number of morpholine rings is 1. The molecule has 0 radical (unpaired) electrons. The number of thioether (sulfide) groups is 1. The van der Waals surface area contributed by atoms with Crippen molar-refractivity contribution in [2.75, 3.05) is 58.4 Å². The normalized spacial score (nSPS) is 20.8. The maximum Gasteiger partial charge on any atom is 0.251 e. The average molecular weight is 428 g/mol. The van der Waals surface area contributed by atoms with Crippen LogP contribution >= 0.6 is 11.8 Å². The molecule has 7 nitrogen and oxygen atoms in total. The predicted molar refractivity (Wildman–Crippen MR) is 111 cm³/mol. The van der Waals surface area contributed by atoms with Crippen molar-refractivity contribution in [2.24, 2.45) is 0 Å². The number of sulfonamides is 1. The van der Waals surface area contributed by atoms with Crippen LogP contribution in [-0.2, 0) is 14.8 Å². The lowest BCUT2D eigenvalue weighted by atomic mass is 9.89. The SMILES string of the molecule is CN(C)S(=O)(=O)c1ccc(C(=O)NCC2(N3CCOCC3)CCSCC2)cc1. The summed E-state index contributed by atoms with van der Waals surface area (Å²) in [5.74, 6) is 2.04. The van der Waals surface area contributed by atoms with Crippen LogP contribution in [0.4, 0.5) is 0 Å². The zero-order valence-corrected chi connectivity index (χ0v) is 18.2. The number of amides is 1. The van der Waals surface area contributed by atoms with Gasteiger partial charge in [0.25, 0.3) is 5.91 Å². The first kappa shape index (κ1) is 21.6. The van der Waals surface area contributed by atoms with E-state index < -0.39 is 10.0 Å². The van der Waals surface area contributed by atoms with Crippen LogP contribution in [0.5, 0.6) is 0 Å². The van der Waals surface area contributed by atoms with E-state index in [9.17, 15) is 13.2 Å². The van der Waals surface area contributed by atoms with E-state index >= 15 is 0 Å². The quantitative estimate of drug-likeness (QED) is 0.737. The Morgan fingerprint density at radius 1 is 1.18 bits per heavy atom. The Bertz CT molecular complexity index is 769. The lowest BCUT2D eigenvalue weighted by Gasteiger charge is -2.48. The summed E-state index contributed by atoms with van der Waals surface area (Å²) in [6, 6.07) is 6.12. The number of nitrogens with zero attached hydrogens (tertiary/aromatic N) is 2. The molecule has 0 atom stereocenters. The number of carbonyl (C=O) groups is 1. The van der Waals surface area contributed by atoms with E-state index in [2.05, 4.69) is 10.2 Å². The van der Waals surface area contributed by atoms with Gasteiger partial charge in [0.05, 0.1) is 18.1 Å². The second-order valence-corrected chi connectivity index (χ2v) is 10.8. The van der Waals surface area contributed by atoms with Gasteiger partial charge < -0.3 is 10.1 Å². The van der Waals surface area contributed by atoms with Gasteiger partial charge >= 0.3 is 0 Å². The van der Waals surface area contributed by atoms with E-state index in [-0.39, 0.29) is 16.3 Å². The second-order valence-electron chi connectivity index (χ2n) is 7.43. The largest absolute Gasteiger partial charge is 0.379 e. The molecule has 1 aromatic carbocycles. The number of ether oxygens (including phenoxy) is 1. The molecule has 2 aliphatic rings. The molecule has 1 aromatic rings. The standard InChI is InChI=1S/C19H29N3O4S2/c1-21(2)28(24,25)17-5-3-16(4-6-17)18(23)20-15-19(7-13-27-14-8-19)22-9-11-26-12-10-22/h3-6H,7-15H2,1-2H3,(H,20,23). The van der Waals surface area contributed by atoms with Gasteiger partial charge in [-0.15, -0.1) is 0 Å². The number of hydrogen-bond donors (Lipinski definition) is 1. The summed E-state index contributed by atoms with van der Waals surface area (Å²) in [6.45, 7) is 3.88. The molecule has 2 heterocycles. The van der Waals surface area contributed by atoms with Gasteiger partial charge in [-0.2, -0.15) is 11.8 Å². The fraction of sp³-hybridized carbons (Fsp3) is 0.632. The zero-order chi connectivity index (χ0) is 20.2. The van der Waals surface area contributed by atoms with Crippen molar-refractivity contribution in [1.82, 2.24) is 14.5 Å². The van der Waals surface area contributed by atoms with Crippen LogP contribution in [0.2, 0.25) is 0 Å². The maximum atomic E-state index is 12.7. The van der Waals surface area contributed by atoms with Crippen molar-refractivity contribution in [3.8, 4) is 0 Å². The van der Waals surface area contributed by atoms with Gasteiger partial charge in [-0.3, -0.25) is 9.69 Å². The van der Waals surface area contributed by atoms with Crippen LogP contribution in [0, 0.1) is 0 Å². The Labute approximate surface area is 171 Å². The molecule has 2 fully saturated rings. The first-order valence-corrected chi connectivity index (χ1v) is 12.2. The number of hydrogen-bond acceptors (Lipinski definition) is 6. The monoisotopic (exact) mass is 427 g/mol. The Morgan fingerprint density at radius 2 is 1.79 bits per heavy atom. The van der Waals surface area contributed by atoms with Gasteiger partial charge in [0.1, 0.15) is 0 Å². The van der Waals surface area contributed by atoms with Gasteiger partial charge in [0.15, 0.2) is 0 Å². The first-order chi connectivity index (χ1) is 13.3. The molecule has 0 unspecified atom stereocenters. The van der Waals surface area contributed by atoms with Crippen molar-refractivity contribution in [3.05, 3.63) is 29.8 Å². The average Bonchev–Trinajstić information content (AvgIpc) is 2.73. The molecule has 1 N–H and O–H groups in total. The van der Waals surface area contributed by atoms with Crippen LogP contribution in [0.25, 0.3) is 0 Å². The van der Waals surface area contributed by atoms with Gasteiger partial charge in [-0.05, 0) is 48.6 Å². The van der Waals surface area contributed by atoms with Gasteiger partial charge in [-0.25, -0.2) is 12.7 Å². The molecule has 0 aromatic heterocycles. The molecule has 0 bridgehead atoms. The Kier molecular flexibility index (Phi) is 7.03. The molecule has 0 aliphatic carbocycles. The molecule has 28 heavy (non-hydrogen) atoms. The molecule has 2 saturated heterocycles. The topological polar surface area (TPSA) is 79.0 Å². The summed E-state index contributed by atoms with van der Waals surface area (Å²) < 4.78 is 31.0. The van der Waals surface area contributed by atoms with E-state index in [4.69, 9.17) is 4.74 Å². The molecule has 0 spiro atoms. The molecular weight excluding hydrogens is 398 g/mol. The summed E-state index contributed by atoms with van der Waals surface area (Å²) in [5.41, 5.74) is 0.457. The van der Waals surface area contributed by atoms with E-state index in [0.717, 1.165) is 55.0 Å². The molecule has 2 aliphatic heterocycles. The second kappa shape index (κ2) is 9.13.